The van der Waals surface area contributed by atoms with E-state index in [9.17, 15) is 0 Å². The zero-order valence-electron chi connectivity index (χ0n) is 8.92. The predicted molar refractivity (Wildman–Crippen MR) is 62.2 cm³/mol. The van der Waals surface area contributed by atoms with Crippen molar-refractivity contribution in [3.8, 4) is 0 Å². The molecule has 0 radical (unpaired) electrons. The van der Waals surface area contributed by atoms with Crippen LogP contribution < -0.4 is 5.32 Å². The van der Waals surface area contributed by atoms with Gasteiger partial charge in [0.1, 0.15) is 0 Å². The van der Waals surface area contributed by atoms with Gasteiger partial charge in [0.2, 0.25) is 0 Å². The molecule has 0 unspecified atom stereocenters. The highest BCUT2D eigenvalue weighted by Gasteiger charge is 1.93. The van der Waals surface area contributed by atoms with Crippen molar-refractivity contribution >= 4 is 0 Å². The van der Waals surface area contributed by atoms with Gasteiger partial charge in [-0.25, -0.2) is 0 Å². The third kappa shape index (κ3) is 4.24. The largest absolute Gasteiger partial charge is 0.309 e. The zero-order valence-corrected chi connectivity index (χ0v) is 8.92. The number of benzene rings is 1. The van der Waals surface area contributed by atoms with Crippen LogP contribution >= 0.6 is 0 Å². The van der Waals surface area contributed by atoms with Gasteiger partial charge in [-0.1, -0.05) is 55.8 Å². The van der Waals surface area contributed by atoms with Crippen molar-refractivity contribution < 1.29 is 0 Å². The molecule has 0 aliphatic carbocycles. The van der Waals surface area contributed by atoms with E-state index >= 15 is 0 Å². The van der Waals surface area contributed by atoms with Crippen LogP contribution in [0, 0.1) is 0 Å². The quantitative estimate of drug-likeness (QED) is 0.678. The molecule has 76 valence electrons. The summed E-state index contributed by atoms with van der Waals surface area (Å²) in [6.07, 6.45) is 2.31. The molecular weight excluding hydrogens is 170 g/mol. The Kier molecular flexibility index (Phi) is 5.02. The van der Waals surface area contributed by atoms with Crippen LogP contribution in [0.4, 0.5) is 0 Å². The molecule has 0 saturated carbocycles. The van der Waals surface area contributed by atoms with Gasteiger partial charge in [-0.15, -0.1) is 0 Å². The van der Waals surface area contributed by atoms with Gasteiger partial charge in [-0.3, -0.25) is 0 Å². The normalized spacial score (nSPS) is 10.1. The van der Waals surface area contributed by atoms with Gasteiger partial charge >= 0.3 is 0 Å². The fourth-order valence-electron chi connectivity index (χ4n) is 1.42. The Hall–Kier alpha value is -1.08. The minimum atomic E-state index is 0.933. The van der Waals surface area contributed by atoms with Gasteiger partial charge in [0, 0.05) is 13.1 Å². The van der Waals surface area contributed by atoms with Gasteiger partial charge in [0.25, 0.3) is 0 Å². The van der Waals surface area contributed by atoms with E-state index in [1.807, 2.05) is 6.07 Å². The fourth-order valence-corrected chi connectivity index (χ4v) is 1.42. The average molecular weight is 189 g/mol. The van der Waals surface area contributed by atoms with Crippen molar-refractivity contribution in [2.75, 3.05) is 6.54 Å². The highest BCUT2D eigenvalue weighted by atomic mass is 14.8. The molecule has 14 heavy (non-hydrogen) atoms. The molecule has 0 spiro atoms. The standard InChI is InChI=1S/C13H19N/c1-3-7-12(2)10-14-11-13-8-5-4-6-9-13/h4-6,8-9,14H,2-3,7,10-11H2,1H3. The first-order valence-electron chi connectivity index (χ1n) is 5.24. The average Bonchev–Trinajstić information content (AvgIpc) is 2.20. The molecule has 1 rings (SSSR count). The van der Waals surface area contributed by atoms with Crippen LogP contribution in [-0.4, -0.2) is 6.54 Å². The molecular formula is C13H19N. The van der Waals surface area contributed by atoms with E-state index in [0.29, 0.717) is 0 Å². The van der Waals surface area contributed by atoms with E-state index in [-0.39, 0.29) is 0 Å². The lowest BCUT2D eigenvalue weighted by atomic mass is 10.1. The Balaban J connectivity index is 2.19. The van der Waals surface area contributed by atoms with Crippen molar-refractivity contribution in [1.29, 1.82) is 0 Å². The number of hydrogen-bond donors (Lipinski definition) is 1. The molecule has 1 aromatic rings. The van der Waals surface area contributed by atoms with Crippen LogP contribution in [0.5, 0.6) is 0 Å². The van der Waals surface area contributed by atoms with Crippen LogP contribution in [-0.2, 0) is 6.54 Å². The van der Waals surface area contributed by atoms with E-state index in [1.165, 1.54) is 17.6 Å². The number of nitrogens with one attached hydrogen (secondary N) is 1. The second kappa shape index (κ2) is 6.39. The molecule has 0 bridgehead atoms. The maximum absolute atomic E-state index is 4.01. The molecule has 1 nitrogen and oxygen atoms in total. The molecule has 0 saturated heterocycles. The van der Waals surface area contributed by atoms with Gasteiger partial charge in [0.05, 0.1) is 0 Å². The lowest BCUT2D eigenvalue weighted by Crippen LogP contribution is -2.15. The molecule has 1 N–H and O–H groups in total. The number of rotatable bonds is 6. The minimum Gasteiger partial charge on any atom is -0.309 e. The Morgan fingerprint density at radius 3 is 2.64 bits per heavy atom. The second-order valence-electron chi connectivity index (χ2n) is 3.59. The van der Waals surface area contributed by atoms with Crippen molar-refractivity contribution in [2.45, 2.75) is 26.3 Å². The summed E-state index contributed by atoms with van der Waals surface area (Å²) >= 11 is 0. The van der Waals surface area contributed by atoms with E-state index in [1.54, 1.807) is 0 Å². The Morgan fingerprint density at radius 2 is 2.00 bits per heavy atom. The Labute approximate surface area is 86.8 Å². The maximum Gasteiger partial charge on any atom is 0.0208 e. The van der Waals surface area contributed by atoms with Crippen molar-refractivity contribution in [3.05, 3.63) is 48.0 Å². The highest BCUT2D eigenvalue weighted by Crippen LogP contribution is 2.01. The van der Waals surface area contributed by atoms with Crippen molar-refractivity contribution in [2.24, 2.45) is 0 Å². The molecule has 0 aliphatic rings. The lowest BCUT2D eigenvalue weighted by molar-refractivity contribution is 0.713. The van der Waals surface area contributed by atoms with Crippen LogP contribution in [0.15, 0.2) is 42.5 Å². The van der Waals surface area contributed by atoms with Crippen LogP contribution in [0.2, 0.25) is 0 Å². The van der Waals surface area contributed by atoms with Crippen molar-refractivity contribution in [1.82, 2.24) is 5.32 Å². The van der Waals surface area contributed by atoms with E-state index in [2.05, 4.69) is 43.1 Å². The maximum atomic E-state index is 4.01. The molecule has 1 aromatic carbocycles. The highest BCUT2D eigenvalue weighted by molar-refractivity contribution is 5.14. The Morgan fingerprint density at radius 1 is 1.29 bits per heavy atom. The minimum absolute atomic E-state index is 0.933. The van der Waals surface area contributed by atoms with Gasteiger partial charge in [-0.05, 0) is 12.0 Å². The monoisotopic (exact) mass is 189 g/mol. The van der Waals surface area contributed by atoms with Gasteiger partial charge in [0.15, 0.2) is 0 Å². The third-order valence-electron chi connectivity index (χ3n) is 2.15. The summed E-state index contributed by atoms with van der Waals surface area (Å²) in [6, 6.07) is 10.4. The first-order chi connectivity index (χ1) is 6.83. The van der Waals surface area contributed by atoms with Gasteiger partial charge < -0.3 is 5.32 Å². The number of hydrogen-bond acceptors (Lipinski definition) is 1. The second-order valence-corrected chi connectivity index (χ2v) is 3.59. The van der Waals surface area contributed by atoms with Crippen LogP contribution in [0.3, 0.4) is 0 Å². The SMILES string of the molecule is C=C(CCC)CNCc1ccccc1. The van der Waals surface area contributed by atoms with Crippen molar-refractivity contribution in [3.63, 3.8) is 0 Å². The third-order valence-corrected chi connectivity index (χ3v) is 2.15. The van der Waals surface area contributed by atoms with Crippen LogP contribution in [0.25, 0.3) is 0 Å². The predicted octanol–water partition coefficient (Wildman–Crippen LogP) is 3.13. The summed E-state index contributed by atoms with van der Waals surface area (Å²) in [5.74, 6) is 0. The molecule has 0 amide bonds. The molecule has 0 fully saturated rings. The summed E-state index contributed by atoms with van der Waals surface area (Å²) in [7, 11) is 0. The topological polar surface area (TPSA) is 12.0 Å². The Bertz CT molecular complexity index is 264. The molecule has 0 aromatic heterocycles. The molecule has 0 aliphatic heterocycles. The summed E-state index contributed by atoms with van der Waals surface area (Å²) in [5, 5.41) is 3.39. The summed E-state index contributed by atoms with van der Waals surface area (Å²) < 4.78 is 0. The zero-order chi connectivity index (χ0) is 10.2. The smallest absolute Gasteiger partial charge is 0.0208 e. The first-order valence-corrected chi connectivity index (χ1v) is 5.24. The molecule has 0 atom stereocenters. The lowest BCUT2D eigenvalue weighted by Gasteiger charge is -2.06. The first kappa shape index (κ1) is 11.0. The van der Waals surface area contributed by atoms with E-state index in [0.717, 1.165) is 19.5 Å². The molecule has 0 heterocycles. The molecule has 1 heteroatoms. The fraction of sp³-hybridized carbons (Fsp3) is 0.385. The van der Waals surface area contributed by atoms with E-state index in [4.69, 9.17) is 0 Å². The van der Waals surface area contributed by atoms with E-state index < -0.39 is 0 Å². The van der Waals surface area contributed by atoms with Crippen LogP contribution in [0.1, 0.15) is 25.3 Å². The summed E-state index contributed by atoms with van der Waals surface area (Å²) in [5.41, 5.74) is 2.63. The van der Waals surface area contributed by atoms with Gasteiger partial charge in [-0.2, -0.15) is 0 Å². The summed E-state index contributed by atoms with van der Waals surface area (Å²) in [6.45, 7) is 8.06. The summed E-state index contributed by atoms with van der Waals surface area (Å²) in [4.78, 5) is 0.